The van der Waals surface area contributed by atoms with Gasteiger partial charge in [0, 0.05) is 29.8 Å². The molecule has 0 unspecified atom stereocenters. The molecule has 1 aliphatic rings. The second kappa shape index (κ2) is 9.64. The number of carbonyl (C=O) groups excluding carboxylic acids is 1. The van der Waals surface area contributed by atoms with Crippen molar-refractivity contribution in [3.8, 4) is 0 Å². The average Bonchev–Trinajstić information content (AvgIpc) is 2.89. The number of ketones is 1. The fourth-order valence-corrected chi connectivity index (χ4v) is 5.94. The summed E-state index contributed by atoms with van der Waals surface area (Å²) in [7, 11) is -3.76. The molecule has 4 aromatic carbocycles. The largest absolute Gasteiger partial charge is 0.291 e. The van der Waals surface area contributed by atoms with Gasteiger partial charge < -0.3 is 0 Å². The molecule has 0 bridgehead atoms. The predicted octanol–water partition coefficient (Wildman–Crippen LogP) is 5.16. The molecule has 5 nitrogen and oxygen atoms in total. The lowest BCUT2D eigenvalue weighted by molar-refractivity contribution is 0.0728. The van der Waals surface area contributed by atoms with Gasteiger partial charge in [-0.05, 0) is 19.1 Å². The number of carbonyl (C=O) groups is 1. The van der Waals surface area contributed by atoms with E-state index in [2.05, 4.69) is 0 Å². The molecule has 0 spiro atoms. The minimum Gasteiger partial charge on any atom is -0.291 e. The maximum Gasteiger partial charge on any atom is 0.243 e. The molecule has 0 atom stereocenters. The van der Waals surface area contributed by atoms with E-state index in [9.17, 15) is 13.2 Å². The summed E-state index contributed by atoms with van der Waals surface area (Å²) in [5.41, 5.74) is 2.64. The van der Waals surface area contributed by atoms with E-state index >= 15 is 0 Å². The lowest BCUT2D eigenvalue weighted by Crippen LogP contribution is -2.66. The SMILES string of the molecule is Cc1ccc(S(=O)(=O)N2CC(N=C(c3ccccc3)c3ccccc3)(C(=O)c3ccccc3)C2)cc1. The van der Waals surface area contributed by atoms with Crippen molar-refractivity contribution in [2.45, 2.75) is 17.4 Å². The van der Waals surface area contributed by atoms with E-state index in [0.717, 1.165) is 16.7 Å². The van der Waals surface area contributed by atoms with E-state index in [1.165, 1.54) is 4.31 Å². The Kier molecular flexibility index (Phi) is 6.39. The van der Waals surface area contributed by atoms with Gasteiger partial charge in [-0.1, -0.05) is 109 Å². The highest BCUT2D eigenvalue weighted by atomic mass is 32.2. The third-order valence-corrected chi connectivity index (χ3v) is 8.22. The first-order valence-corrected chi connectivity index (χ1v) is 13.2. The monoisotopic (exact) mass is 494 g/mol. The zero-order valence-corrected chi connectivity index (χ0v) is 20.7. The lowest BCUT2D eigenvalue weighted by Gasteiger charge is -2.45. The Balaban J connectivity index is 1.60. The van der Waals surface area contributed by atoms with Crippen LogP contribution in [-0.2, 0) is 10.0 Å². The van der Waals surface area contributed by atoms with Crippen molar-refractivity contribution in [1.82, 2.24) is 4.31 Å². The zero-order valence-electron chi connectivity index (χ0n) is 19.9. The van der Waals surface area contributed by atoms with Gasteiger partial charge in [0.25, 0.3) is 0 Å². The van der Waals surface area contributed by atoms with Crippen LogP contribution in [0.5, 0.6) is 0 Å². The van der Waals surface area contributed by atoms with Crippen LogP contribution in [0, 0.1) is 6.92 Å². The summed E-state index contributed by atoms with van der Waals surface area (Å²) < 4.78 is 28.1. The fraction of sp³-hybridized carbons (Fsp3) is 0.133. The third-order valence-electron chi connectivity index (χ3n) is 6.41. The van der Waals surface area contributed by atoms with Gasteiger partial charge in [-0.3, -0.25) is 9.79 Å². The predicted molar refractivity (Wildman–Crippen MR) is 142 cm³/mol. The second-order valence-corrected chi connectivity index (χ2v) is 10.9. The molecule has 1 aliphatic heterocycles. The first-order valence-electron chi connectivity index (χ1n) is 11.8. The van der Waals surface area contributed by atoms with Gasteiger partial charge in [0.15, 0.2) is 11.3 Å². The van der Waals surface area contributed by atoms with Crippen LogP contribution in [-0.4, -0.2) is 42.8 Å². The molecule has 0 amide bonds. The smallest absolute Gasteiger partial charge is 0.243 e. The molecule has 0 aromatic heterocycles. The van der Waals surface area contributed by atoms with Gasteiger partial charge in [-0.15, -0.1) is 0 Å². The van der Waals surface area contributed by atoms with E-state index in [-0.39, 0.29) is 23.8 Å². The molecule has 180 valence electrons. The number of nitrogens with zero attached hydrogens (tertiary/aromatic N) is 2. The van der Waals surface area contributed by atoms with Crippen LogP contribution in [0.15, 0.2) is 125 Å². The molecule has 5 rings (SSSR count). The molecule has 6 heteroatoms. The summed E-state index contributed by atoms with van der Waals surface area (Å²) >= 11 is 0. The van der Waals surface area contributed by atoms with E-state index < -0.39 is 15.6 Å². The Labute approximate surface area is 211 Å². The number of rotatable bonds is 7. The summed E-state index contributed by atoms with van der Waals surface area (Å²) in [6.45, 7) is 1.85. The van der Waals surface area contributed by atoms with Crippen LogP contribution in [0.2, 0.25) is 0 Å². The molecular formula is C30H26N2O3S. The van der Waals surface area contributed by atoms with Gasteiger partial charge >= 0.3 is 0 Å². The zero-order chi connectivity index (χ0) is 25.2. The number of aliphatic imine (C=N–C) groups is 1. The Morgan fingerprint density at radius 1 is 0.694 bits per heavy atom. The molecule has 36 heavy (non-hydrogen) atoms. The number of sulfonamides is 1. The Morgan fingerprint density at radius 3 is 1.61 bits per heavy atom. The van der Waals surface area contributed by atoms with Gasteiger partial charge in [0.05, 0.1) is 10.6 Å². The van der Waals surface area contributed by atoms with Crippen molar-refractivity contribution in [2.75, 3.05) is 13.1 Å². The van der Waals surface area contributed by atoms with Gasteiger partial charge in [-0.25, -0.2) is 8.42 Å². The molecule has 0 aliphatic carbocycles. The standard InChI is InChI=1S/C30H26N2O3S/c1-23-17-19-27(20-18-23)36(34,35)32-21-30(22-32,29(33)26-15-9-4-10-16-26)31-28(24-11-5-2-6-12-24)25-13-7-3-8-14-25/h2-20H,21-22H2,1H3. The van der Waals surface area contributed by atoms with Crippen molar-refractivity contribution in [3.63, 3.8) is 0 Å². The number of hydrogen-bond donors (Lipinski definition) is 0. The highest BCUT2D eigenvalue weighted by Gasteiger charge is 2.54. The molecule has 0 N–H and O–H groups in total. The first kappa shape index (κ1) is 23.9. The van der Waals surface area contributed by atoms with E-state index in [1.807, 2.05) is 73.7 Å². The maximum atomic E-state index is 13.9. The highest BCUT2D eigenvalue weighted by Crippen LogP contribution is 2.35. The number of benzene rings is 4. The molecule has 1 fully saturated rings. The van der Waals surface area contributed by atoms with Crippen molar-refractivity contribution < 1.29 is 13.2 Å². The number of aryl methyl sites for hydroxylation is 1. The van der Waals surface area contributed by atoms with Crippen molar-refractivity contribution in [3.05, 3.63) is 138 Å². The van der Waals surface area contributed by atoms with Crippen LogP contribution >= 0.6 is 0 Å². The van der Waals surface area contributed by atoms with Crippen LogP contribution < -0.4 is 0 Å². The lowest BCUT2D eigenvalue weighted by atomic mass is 9.83. The normalized spacial score (nSPS) is 15.0. The summed E-state index contributed by atoms with van der Waals surface area (Å²) in [6.07, 6.45) is 0. The van der Waals surface area contributed by atoms with Crippen molar-refractivity contribution in [2.24, 2.45) is 4.99 Å². The molecular weight excluding hydrogens is 468 g/mol. The first-order chi connectivity index (χ1) is 17.4. The Morgan fingerprint density at radius 2 is 1.14 bits per heavy atom. The molecule has 4 aromatic rings. The van der Waals surface area contributed by atoms with E-state index in [0.29, 0.717) is 11.3 Å². The summed E-state index contributed by atoms with van der Waals surface area (Å²) in [5.74, 6) is -0.192. The van der Waals surface area contributed by atoms with Gasteiger partial charge in [-0.2, -0.15) is 4.31 Å². The van der Waals surface area contributed by atoms with Crippen LogP contribution in [0.4, 0.5) is 0 Å². The molecule has 0 saturated carbocycles. The minimum atomic E-state index is -3.76. The highest BCUT2D eigenvalue weighted by molar-refractivity contribution is 7.89. The number of Topliss-reactive ketones (excluding diaryl/α,β-unsaturated/α-hetero) is 1. The molecule has 1 heterocycles. The Bertz CT molecular complexity index is 1450. The quantitative estimate of drug-likeness (QED) is 0.263. The van der Waals surface area contributed by atoms with Gasteiger partial charge in [0.2, 0.25) is 10.0 Å². The molecule has 1 saturated heterocycles. The second-order valence-electron chi connectivity index (χ2n) is 9.01. The van der Waals surface area contributed by atoms with Crippen molar-refractivity contribution >= 4 is 21.5 Å². The molecule has 0 radical (unpaired) electrons. The number of hydrogen-bond acceptors (Lipinski definition) is 4. The summed E-state index contributed by atoms with van der Waals surface area (Å²) in [5, 5.41) is 0. The Hall–Kier alpha value is -3.87. The third kappa shape index (κ3) is 4.53. The fourth-order valence-electron chi connectivity index (χ4n) is 4.39. The van der Waals surface area contributed by atoms with Crippen LogP contribution in [0.25, 0.3) is 0 Å². The maximum absolute atomic E-state index is 13.9. The topological polar surface area (TPSA) is 66.8 Å². The van der Waals surface area contributed by atoms with Crippen LogP contribution in [0.3, 0.4) is 0 Å². The van der Waals surface area contributed by atoms with Gasteiger partial charge in [0.1, 0.15) is 0 Å². The summed E-state index contributed by atoms with van der Waals surface area (Å²) in [4.78, 5) is 19.1. The van der Waals surface area contributed by atoms with E-state index in [1.54, 1.807) is 48.5 Å². The average molecular weight is 495 g/mol. The summed E-state index contributed by atoms with van der Waals surface area (Å²) in [6, 6.07) is 35.1. The van der Waals surface area contributed by atoms with Crippen molar-refractivity contribution in [1.29, 1.82) is 0 Å². The van der Waals surface area contributed by atoms with E-state index in [4.69, 9.17) is 4.99 Å². The van der Waals surface area contributed by atoms with Crippen LogP contribution in [0.1, 0.15) is 27.0 Å². The minimum absolute atomic E-state index is 0.0277.